The summed E-state index contributed by atoms with van der Waals surface area (Å²) in [6.07, 6.45) is 5.73. The Morgan fingerprint density at radius 2 is 2.13 bits per heavy atom. The summed E-state index contributed by atoms with van der Waals surface area (Å²) in [7, 11) is 0. The van der Waals surface area contributed by atoms with Crippen LogP contribution in [0.1, 0.15) is 39.0 Å². The molecule has 2 rings (SSSR count). The van der Waals surface area contributed by atoms with Crippen molar-refractivity contribution in [1.29, 1.82) is 0 Å². The summed E-state index contributed by atoms with van der Waals surface area (Å²) in [6, 6.07) is 0. The molecule has 86 valence electrons. The van der Waals surface area contributed by atoms with Gasteiger partial charge in [0, 0.05) is 6.61 Å². The van der Waals surface area contributed by atoms with E-state index in [2.05, 4.69) is 0 Å². The highest BCUT2D eigenvalue weighted by Crippen LogP contribution is 2.50. The van der Waals surface area contributed by atoms with Gasteiger partial charge in [0.2, 0.25) is 0 Å². The third-order valence-corrected chi connectivity index (χ3v) is 4.34. The Morgan fingerprint density at radius 3 is 2.73 bits per heavy atom. The van der Waals surface area contributed by atoms with Crippen LogP contribution in [0.25, 0.3) is 0 Å². The first-order valence-corrected chi connectivity index (χ1v) is 5.96. The lowest BCUT2D eigenvalue weighted by Gasteiger charge is -2.43. The normalized spacial score (nSPS) is 31.7. The first-order valence-electron chi connectivity index (χ1n) is 5.96. The van der Waals surface area contributed by atoms with Gasteiger partial charge in [-0.3, -0.25) is 4.79 Å². The number of rotatable bonds is 2. The van der Waals surface area contributed by atoms with Gasteiger partial charge in [0.1, 0.15) is 0 Å². The Hall–Kier alpha value is -0.570. The van der Waals surface area contributed by atoms with E-state index in [9.17, 15) is 4.79 Å². The van der Waals surface area contributed by atoms with Crippen LogP contribution in [-0.4, -0.2) is 24.3 Å². The number of hydrogen-bond acceptors (Lipinski definition) is 2. The largest absolute Gasteiger partial charge is 0.481 e. The zero-order valence-corrected chi connectivity index (χ0v) is 9.37. The molecule has 1 N–H and O–H groups in total. The molecule has 1 heterocycles. The molecule has 0 bridgehead atoms. The molecular weight excluding hydrogens is 192 g/mol. The van der Waals surface area contributed by atoms with Gasteiger partial charge in [-0.1, -0.05) is 19.8 Å². The Labute approximate surface area is 90.8 Å². The molecule has 1 saturated heterocycles. The van der Waals surface area contributed by atoms with Crippen molar-refractivity contribution in [2.45, 2.75) is 39.0 Å². The van der Waals surface area contributed by atoms with E-state index in [-0.39, 0.29) is 11.3 Å². The van der Waals surface area contributed by atoms with Gasteiger partial charge in [-0.15, -0.1) is 0 Å². The average molecular weight is 212 g/mol. The standard InChI is InChI=1S/C12H20O3/c1-9(11(13)14)10-4-7-15-8-12(10)5-2-3-6-12/h9-10H,2-8H2,1H3,(H,13,14). The van der Waals surface area contributed by atoms with Gasteiger partial charge in [-0.2, -0.15) is 0 Å². The summed E-state index contributed by atoms with van der Waals surface area (Å²) in [6.45, 7) is 3.39. The van der Waals surface area contributed by atoms with Crippen LogP contribution in [0, 0.1) is 17.3 Å². The van der Waals surface area contributed by atoms with Gasteiger partial charge in [0.25, 0.3) is 0 Å². The smallest absolute Gasteiger partial charge is 0.306 e. The zero-order chi connectivity index (χ0) is 10.9. The first kappa shape index (κ1) is 10.9. The minimum absolute atomic E-state index is 0.191. The van der Waals surface area contributed by atoms with Gasteiger partial charge in [-0.25, -0.2) is 0 Å². The summed E-state index contributed by atoms with van der Waals surface area (Å²) < 4.78 is 5.57. The predicted molar refractivity (Wildman–Crippen MR) is 56.6 cm³/mol. The van der Waals surface area contributed by atoms with Crippen molar-refractivity contribution < 1.29 is 14.6 Å². The van der Waals surface area contributed by atoms with E-state index in [0.29, 0.717) is 5.92 Å². The number of aliphatic carboxylic acids is 1. The average Bonchev–Trinajstić information content (AvgIpc) is 2.67. The summed E-state index contributed by atoms with van der Waals surface area (Å²) in [5.41, 5.74) is 0.191. The van der Waals surface area contributed by atoms with Crippen LogP contribution < -0.4 is 0 Å². The maximum Gasteiger partial charge on any atom is 0.306 e. The monoisotopic (exact) mass is 212 g/mol. The van der Waals surface area contributed by atoms with Crippen molar-refractivity contribution in [2.24, 2.45) is 17.3 Å². The number of carboxylic acid groups (broad SMARTS) is 1. The fraction of sp³-hybridized carbons (Fsp3) is 0.917. The molecule has 0 radical (unpaired) electrons. The van der Waals surface area contributed by atoms with Crippen LogP contribution >= 0.6 is 0 Å². The molecule has 15 heavy (non-hydrogen) atoms. The Morgan fingerprint density at radius 1 is 1.47 bits per heavy atom. The lowest BCUT2D eigenvalue weighted by atomic mass is 9.66. The molecule has 3 nitrogen and oxygen atoms in total. The van der Waals surface area contributed by atoms with Crippen LogP contribution in [-0.2, 0) is 9.53 Å². The molecule has 1 spiro atoms. The van der Waals surface area contributed by atoms with Crippen LogP contribution in [0.5, 0.6) is 0 Å². The molecule has 2 fully saturated rings. The quantitative estimate of drug-likeness (QED) is 0.764. The van der Waals surface area contributed by atoms with Gasteiger partial charge in [0.15, 0.2) is 0 Å². The Kier molecular flexibility index (Phi) is 3.01. The molecule has 3 heteroatoms. The Bertz CT molecular complexity index is 243. The third kappa shape index (κ3) is 1.89. The molecule has 1 aliphatic heterocycles. The maximum absolute atomic E-state index is 11.1. The lowest BCUT2D eigenvalue weighted by Crippen LogP contribution is -2.43. The van der Waals surface area contributed by atoms with E-state index >= 15 is 0 Å². The highest BCUT2D eigenvalue weighted by molar-refractivity contribution is 5.70. The summed E-state index contributed by atoms with van der Waals surface area (Å²) in [4.78, 5) is 11.1. The second-order valence-corrected chi connectivity index (χ2v) is 5.14. The van der Waals surface area contributed by atoms with Crippen LogP contribution in [0.4, 0.5) is 0 Å². The predicted octanol–water partition coefficient (Wildman–Crippen LogP) is 2.30. The number of hydrogen-bond donors (Lipinski definition) is 1. The Balaban J connectivity index is 2.15. The number of ether oxygens (including phenoxy) is 1. The second-order valence-electron chi connectivity index (χ2n) is 5.14. The number of carboxylic acids is 1. The topological polar surface area (TPSA) is 46.5 Å². The molecule has 2 unspecified atom stereocenters. The molecule has 0 aromatic heterocycles. The van der Waals surface area contributed by atoms with Crippen molar-refractivity contribution in [3.05, 3.63) is 0 Å². The fourth-order valence-corrected chi connectivity index (χ4v) is 3.45. The molecule has 0 aromatic carbocycles. The second kappa shape index (κ2) is 4.12. The van der Waals surface area contributed by atoms with Crippen molar-refractivity contribution in [2.75, 3.05) is 13.2 Å². The van der Waals surface area contributed by atoms with E-state index in [4.69, 9.17) is 9.84 Å². The molecule has 0 amide bonds. The zero-order valence-electron chi connectivity index (χ0n) is 9.37. The molecule has 1 aliphatic carbocycles. The summed E-state index contributed by atoms with van der Waals surface area (Å²) in [5.74, 6) is -0.536. The van der Waals surface area contributed by atoms with E-state index in [1.165, 1.54) is 12.8 Å². The van der Waals surface area contributed by atoms with Gasteiger partial charge >= 0.3 is 5.97 Å². The first-order chi connectivity index (χ1) is 7.16. The van der Waals surface area contributed by atoms with E-state index in [0.717, 1.165) is 32.5 Å². The van der Waals surface area contributed by atoms with Gasteiger partial charge in [-0.05, 0) is 30.6 Å². The molecular formula is C12H20O3. The molecule has 1 saturated carbocycles. The molecule has 2 atom stereocenters. The third-order valence-electron chi connectivity index (χ3n) is 4.34. The summed E-state index contributed by atoms with van der Waals surface area (Å²) >= 11 is 0. The van der Waals surface area contributed by atoms with Crippen LogP contribution in [0.2, 0.25) is 0 Å². The fourth-order valence-electron chi connectivity index (χ4n) is 3.45. The van der Waals surface area contributed by atoms with E-state index in [1.807, 2.05) is 6.92 Å². The van der Waals surface area contributed by atoms with Crippen molar-refractivity contribution in [3.63, 3.8) is 0 Å². The van der Waals surface area contributed by atoms with Crippen LogP contribution in [0.3, 0.4) is 0 Å². The number of carbonyl (C=O) groups is 1. The van der Waals surface area contributed by atoms with E-state index < -0.39 is 5.97 Å². The molecule has 0 aromatic rings. The van der Waals surface area contributed by atoms with Gasteiger partial charge in [0.05, 0.1) is 12.5 Å². The van der Waals surface area contributed by atoms with Gasteiger partial charge < -0.3 is 9.84 Å². The minimum Gasteiger partial charge on any atom is -0.481 e. The highest BCUT2D eigenvalue weighted by atomic mass is 16.5. The summed E-state index contributed by atoms with van der Waals surface area (Å²) in [5, 5.41) is 9.14. The van der Waals surface area contributed by atoms with E-state index in [1.54, 1.807) is 0 Å². The van der Waals surface area contributed by atoms with Crippen molar-refractivity contribution in [3.8, 4) is 0 Å². The van der Waals surface area contributed by atoms with Crippen molar-refractivity contribution in [1.82, 2.24) is 0 Å². The molecule has 2 aliphatic rings. The van der Waals surface area contributed by atoms with Crippen molar-refractivity contribution >= 4 is 5.97 Å². The lowest BCUT2D eigenvalue weighted by molar-refractivity contribution is -0.149. The maximum atomic E-state index is 11.1. The highest BCUT2D eigenvalue weighted by Gasteiger charge is 2.47. The SMILES string of the molecule is CC(C(=O)O)C1CCOCC12CCCC2. The van der Waals surface area contributed by atoms with Crippen LogP contribution in [0.15, 0.2) is 0 Å². The minimum atomic E-state index is -0.645.